The van der Waals surface area contributed by atoms with Crippen LogP contribution in [-0.2, 0) is 5.75 Å². The second-order valence-corrected chi connectivity index (χ2v) is 6.41. The van der Waals surface area contributed by atoms with Crippen molar-refractivity contribution in [2.24, 2.45) is 0 Å². The summed E-state index contributed by atoms with van der Waals surface area (Å²) in [5.41, 5.74) is 1.10. The lowest BCUT2D eigenvalue weighted by molar-refractivity contribution is 0.450. The molecule has 1 aromatic heterocycles. The van der Waals surface area contributed by atoms with E-state index < -0.39 is 0 Å². The van der Waals surface area contributed by atoms with Crippen LogP contribution >= 0.6 is 35.0 Å². The number of benzene rings is 2. The van der Waals surface area contributed by atoms with Gasteiger partial charge < -0.3 is 5.11 Å². The lowest BCUT2D eigenvalue weighted by Crippen LogP contribution is -1.87. The molecule has 0 aliphatic heterocycles. The van der Waals surface area contributed by atoms with E-state index in [4.69, 9.17) is 23.2 Å². The lowest BCUT2D eigenvalue weighted by atomic mass is 10.2. The van der Waals surface area contributed by atoms with Gasteiger partial charge in [-0.2, -0.15) is 0 Å². The van der Waals surface area contributed by atoms with E-state index in [2.05, 4.69) is 4.98 Å². The number of hydrogen-bond donors (Lipinski definition) is 1. The first-order valence-corrected chi connectivity index (χ1v) is 8.02. The Morgan fingerprint density at radius 3 is 2.62 bits per heavy atom. The molecule has 3 rings (SSSR count). The van der Waals surface area contributed by atoms with E-state index in [9.17, 15) is 5.11 Å². The molecular weight excluding hydrogens is 325 g/mol. The van der Waals surface area contributed by atoms with E-state index in [0.29, 0.717) is 10.0 Å². The summed E-state index contributed by atoms with van der Waals surface area (Å²) in [4.78, 5) is 4.21. The Morgan fingerprint density at radius 1 is 1.00 bits per heavy atom. The third-order valence-corrected chi connectivity index (χ3v) is 4.54. The maximum atomic E-state index is 9.74. The molecule has 0 fully saturated rings. The van der Waals surface area contributed by atoms with Crippen LogP contribution in [0.3, 0.4) is 0 Å². The number of hydrogen-bond acceptors (Lipinski definition) is 3. The number of aromatic hydroxyl groups is 1. The average molecular weight is 336 g/mol. The van der Waals surface area contributed by atoms with Crippen molar-refractivity contribution in [3.63, 3.8) is 0 Å². The monoisotopic (exact) mass is 335 g/mol. The number of nitrogens with zero attached hydrogens (tertiary/aromatic N) is 1. The summed E-state index contributed by atoms with van der Waals surface area (Å²) < 4.78 is 0. The molecule has 0 spiro atoms. The van der Waals surface area contributed by atoms with Crippen LogP contribution in [0.5, 0.6) is 5.88 Å². The quantitative estimate of drug-likeness (QED) is 0.638. The van der Waals surface area contributed by atoms with Gasteiger partial charge in [-0.05, 0) is 35.2 Å². The summed E-state index contributed by atoms with van der Waals surface area (Å²) in [7, 11) is 0. The van der Waals surface area contributed by atoms with Gasteiger partial charge in [0.25, 0.3) is 0 Å². The fourth-order valence-electron chi connectivity index (χ4n) is 2.06. The summed E-state index contributed by atoms with van der Waals surface area (Å²) in [6.45, 7) is 0. The Balaban J connectivity index is 1.94. The molecule has 1 N–H and O–H groups in total. The molecule has 0 radical (unpaired) electrons. The zero-order chi connectivity index (χ0) is 14.8. The van der Waals surface area contributed by atoms with E-state index in [1.165, 1.54) is 0 Å². The van der Waals surface area contributed by atoms with E-state index in [1.807, 2.05) is 36.4 Å². The van der Waals surface area contributed by atoms with Gasteiger partial charge in [-0.25, -0.2) is 4.98 Å². The maximum Gasteiger partial charge on any atom is 0.212 e. The van der Waals surface area contributed by atoms with Gasteiger partial charge in [0.2, 0.25) is 5.88 Å². The smallest absolute Gasteiger partial charge is 0.212 e. The Hall–Kier alpha value is -1.42. The topological polar surface area (TPSA) is 33.1 Å². The van der Waals surface area contributed by atoms with Crippen molar-refractivity contribution >= 4 is 45.7 Å². The van der Waals surface area contributed by atoms with Gasteiger partial charge in [0.15, 0.2) is 0 Å². The first-order chi connectivity index (χ1) is 10.1. The highest BCUT2D eigenvalue weighted by Gasteiger charge is 2.08. The van der Waals surface area contributed by atoms with Crippen LogP contribution < -0.4 is 0 Å². The molecule has 0 unspecified atom stereocenters. The minimum absolute atomic E-state index is 0.0124. The molecule has 0 saturated heterocycles. The normalized spacial score (nSPS) is 11.0. The third kappa shape index (κ3) is 3.43. The summed E-state index contributed by atoms with van der Waals surface area (Å²) in [5, 5.41) is 13.7. The Morgan fingerprint density at radius 2 is 1.81 bits per heavy atom. The van der Waals surface area contributed by atoms with Crippen molar-refractivity contribution in [3.8, 4) is 5.88 Å². The number of halogens is 2. The van der Waals surface area contributed by atoms with Gasteiger partial charge in [-0.3, -0.25) is 0 Å². The molecule has 3 aromatic rings. The molecule has 1 heterocycles. The van der Waals surface area contributed by atoms with Crippen molar-refractivity contribution < 1.29 is 5.11 Å². The second kappa shape index (κ2) is 6.14. The fourth-order valence-corrected chi connectivity index (χ4v) is 3.42. The van der Waals surface area contributed by atoms with E-state index in [1.54, 1.807) is 23.9 Å². The SMILES string of the molecule is Oc1cc2ccc(Cl)cc2c(SCc2cccc(Cl)c2)n1. The van der Waals surface area contributed by atoms with Crippen LogP contribution in [-0.4, -0.2) is 10.1 Å². The third-order valence-electron chi connectivity index (χ3n) is 3.01. The number of thioether (sulfide) groups is 1. The van der Waals surface area contributed by atoms with Crippen molar-refractivity contribution in [2.75, 3.05) is 0 Å². The number of fused-ring (bicyclic) bond motifs is 1. The molecule has 2 nitrogen and oxygen atoms in total. The number of aromatic nitrogens is 1. The molecule has 0 atom stereocenters. The first-order valence-electron chi connectivity index (χ1n) is 6.28. The highest BCUT2D eigenvalue weighted by atomic mass is 35.5. The molecule has 21 heavy (non-hydrogen) atoms. The first kappa shape index (κ1) is 14.5. The van der Waals surface area contributed by atoms with Crippen LogP contribution in [0.25, 0.3) is 10.8 Å². The Labute approximate surface area is 136 Å². The highest BCUT2D eigenvalue weighted by molar-refractivity contribution is 7.98. The van der Waals surface area contributed by atoms with E-state index in [0.717, 1.165) is 27.1 Å². The van der Waals surface area contributed by atoms with Gasteiger partial charge in [0, 0.05) is 27.3 Å². The summed E-state index contributed by atoms with van der Waals surface area (Å²) in [6, 6.07) is 14.9. The molecule has 0 aliphatic carbocycles. The van der Waals surface area contributed by atoms with Crippen LogP contribution in [0.15, 0.2) is 53.6 Å². The summed E-state index contributed by atoms with van der Waals surface area (Å²) in [6.07, 6.45) is 0. The van der Waals surface area contributed by atoms with E-state index in [-0.39, 0.29) is 5.88 Å². The van der Waals surface area contributed by atoms with Crippen LogP contribution in [0.1, 0.15) is 5.56 Å². The van der Waals surface area contributed by atoms with Crippen LogP contribution in [0.2, 0.25) is 10.0 Å². The Kier molecular flexibility index (Phi) is 4.24. The van der Waals surface area contributed by atoms with Gasteiger partial charge >= 0.3 is 0 Å². The predicted octanol–water partition coefficient (Wildman–Crippen LogP) is 5.54. The van der Waals surface area contributed by atoms with Gasteiger partial charge in [-0.1, -0.05) is 41.4 Å². The lowest BCUT2D eigenvalue weighted by Gasteiger charge is -2.07. The standard InChI is InChI=1S/C16H11Cl2NOS/c17-12-3-1-2-10(6-12)9-21-16-14-8-13(18)5-4-11(14)7-15(20)19-16/h1-8H,9H2,(H,19,20). The molecular formula is C16H11Cl2NOS. The summed E-state index contributed by atoms with van der Waals surface area (Å²) >= 11 is 13.6. The van der Waals surface area contributed by atoms with Crippen LogP contribution in [0, 0.1) is 0 Å². The largest absolute Gasteiger partial charge is 0.493 e. The molecule has 106 valence electrons. The van der Waals surface area contributed by atoms with Gasteiger partial charge in [0.1, 0.15) is 5.03 Å². The van der Waals surface area contributed by atoms with Gasteiger partial charge in [0.05, 0.1) is 0 Å². The van der Waals surface area contributed by atoms with Crippen molar-refractivity contribution in [1.29, 1.82) is 0 Å². The Bertz CT molecular complexity index is 807. The van der Waals surface area contributed by atoms with Gasteiger partial charge in [-0.15, -0.1) is 11.8 Å². The number of pyridine rings is 1. The second-order valence-electron chi connectivity index (χ2n) is 4.57. The minimum Gasteiger partial charge on any atom is -0.493 e. The molecule has 0 bridgehead atoms. The number of rotatable bonds is 3. The zero-order valence-electron chi connectivity index (χ0n) is 10.9. The predicted molar refractivity (Wildman–Crippen MR) is 89.4 cm³/mol. The fraction of sp³-hybridized carbons (Fsp3) is 0.0625. The minimum atomic E-state index is 0.0124. The molecule has 0 saturated carbocycles. The van der Waals surface area contributed by atoms with Crippen molar-refractivity contribution in [1.82, 2.24) is 4.98 Å². The molecule has 2 aromatic carbocycles. The van der Waals surface area contributed by atoms with Crippen LogP contribution in [0.4, 0.5) is 0 Å². The zero-order valence-corrected chi connectivity index (χ0v) is 13.2. The van der Waals surface area contributed by atoms with Crippen molar-refractivity contribution in [3.05, 3.63) is 64.1 Å². The average Bonchev–Trinajstić information content (AvgIpc) is 2.45. The molecule has 0 amide bonds. The molecule has 0 aliphatic rings. The maximum absolute atomic E-state index is 9.74. The van der Waals surface area contributed by atoms with Crippen molar-refractivity contribution in [2.45, 2.75) is 10.8 Å². The highest BCUT2D eigenvalue weighted by Crippen LogP contribution is 2.32. The van der Waals surface area contributed by atoms with E-state index >= 15 is 0 Å². The summed E-state index contributed by atoms with van der Waals surface area (Å²) in [5.74, 6) is 0.733. The molecule has 5 heteroatoms.